The summed E-state index contributed by atoms with van der Waals surface area (Å²) in [7, 11) is 3.97. The molecule has 3 rings (SSSR count). The van der Waals surface area contributed by atoms with Gasteiger partial charge >= 0.3 is 0 Å². The summed E-state index contributed by atoms with van der Waals surface area (Å²) in [5, 5.41) is 3.00. The molecule has 0 aliphatic heterocycles. The molecule has 4 nitrogen and oxygen atoms in total. The van der Waals surface area contributed by atoms with Crippen LogP contribution in [-0.2, 0) is 0 Å². The standard InChI is InChI=1S/C22H24FN3O/c1-14-12-19(25(4)5)10-11-21(14)24-22(27)20-13-15(2)26(16(20)3)18-8-6-17(23)7-9-18/h6-13H,1-5H3,(H,24,27). The Bertz CT molecular complexity index is 988. The Kier molecular flexibility index (Phi) is 5.04. The van der Waals surface area contributed by atoms with Gasteiger partial charge in [-0.25, -0.2) is 4.39 Å². The molecule has 0 aliphatic carbocycles. The van der Waals surface area contributed by atoms with E-state index in [0.29, 0.717) is 5.56 Å². The molecule has 3 aromatic rings. The Balaban J connectivity index is 1.90. The Morgan fingerprint density at radius 2 is 1.67 bits per heavy atom. The second-order valence-electron chi connectivity index (χ2n) is 6.94. The fraction of sp³-hybridized carbons (Fsp3) is 0.227. The summed E-state index contributed by atoms with van der Waals surface area (Å²) in [6, 6.07) is 14.1. The van der Waals surface area contributed by atoms with Crippen LogP contribution < -0.4 is 10.2 Å². The molecule has 0 spiro atoms. The van der Waals surface area contributed by atoms with E-state index in [1.165, 1.54) is 12.1 Å². The summed E-state index contributed by atoms with van der Waals surface area (Å²) in [4.78, 5) is 14.9. The van der Waals surface area contributed by atoms with E-state index in [-0.39, 0.29) is 11.7 Å². The molecule has 0 saturated carbocycles. The van der Waals surface area contributed by atoms with Gasteiger partial charge in [-0.3, -0.25) is 4.79 Å². The van der Waals surface area contributed by atoms with E-state index in [0.717, 1.165) is 34.0 Å². The quantitative estimate of drug-likeness (QED) is 0.717. The number of aromatic nitrogens is 1. The number of amides is 1. The SMILES string of the molecule is Cc1cc(N(C)C)ccc1NC(=O)c1cc(C)n(-c2ccc(F)cc2)c1C. The molecule has 0 atom stereocenters. The minimum absolute atomic E-state index is 0.155. The van der Waals surface area contributed by atoms with Crippen LogP contribution in [0.4, 0.5) is 15.8 Å². The third-order valence-electron chi connectivity index (χ3n) is 4.74. The van der Waals surface area contributed by atoms with Crippen molar-refractivity contribution in [2.24, 2.45) is 0 Å². The van der Waals surface area contributed by atoms with E-state index in [4.69, 9.17) is 0 Å². The van der Waals surface area contributed by atoms with E-state index in [9.17, 15) is 9.18 Å². The summed E-state index contributed by atoms with van der Waals surface area (Å²) in [5.41, 5.74) is 6.05. The minimum Gasteiger partial charge on any atom is -0.378 e. The molecule has 1 heterocycles. The van der Waals surface area contributed by atoms with E-state index in [1.54, 1.807) is 12.1 Å². The Morgan fingerprint density at radius 1 is 1.00 bits per heavy atom. The predicted molar refractivity (Wildman–Crippen MR) is 109 cm³/mol. The third-order valence-corrected chi connectivity index (χ3v) is 4.74. The van der Waals surface area contributed by atoms with Crippen LogP contribution in [0.25, 0.3) is 5.69 Å². The third kappa shape index (κ3) is 3.72. The zero-order valence-electron chi connectivity index (χ0n) is 16.3. The van der Waals surface area contributed by atoms with Crippen LogP contribution in [0.2, 0.25) is 0 Å². The van der Waals surface area contributed by atoms with Crippen LogP contribution in [0.15, 0.2) is 48.5 Å². The molecule has 0 unspecified atom stereocenters. The van der Waals surface area contributed by atoms with Crippen LogP contribution in [0.3, 0.4) is 0 Å². The van der Waals surface area contributed by atoms with Gasteiger partial charge in [0.2, 0.25) is 0 Å². The number of benzene rings is 2. The van der Waals surface area contributed by atoms with Crippen LogP contribution in [0.1, 0.15) is 27.3 Å². The van der Waals surface area contributed by atoms with E-state index < -0.39 is 0 Å². The molecule has 1 aromatic heterocycles. The van der Waals surface area contributed by atoms with Gasteiger partial charge in [0.15, 0.2) is 0 Å². The topological polar surface area (TPSA) is 37.3 Å². The number of rotatable bonds is 4. The lowest BCUT2D eigenvalue weighted by Gasteiger charge is -2.15. The molecule has 1 N–H and O–H groups in total. The second-order valence-corrected chi connectivity index (χ2v) is 6.94. The highest BCUT2D eigenvalue weighted by atomic mass is 19.1. The lowest BCUT2D eigenvalue weighted by atomic mass is 10.1. The fourth-order valence-corrected chi connectivity index (χ4v) is 3.24. The number of hydrogen-bond donors (Lipinski definition) is 1. The molecular weight excluding hydrogens is 341 g/mol. The first kappa shape index (κ1) is 18.7. The van der Waals surface area contributed by atoms with Gasteiger partial charge in [0.25, 0.3) is 5.91 Å². The minimum atomic E-state index is -0.282. The molecule has 5 heteroatoms. The van der Waals surface area contributed by atoms with E-state index in [2.05, 4.69) is 5.32 Å². The Labute approximate surface area is 159 Å². The lowest BCUT2D eigenvalue weighted by molar-refractivity contribution is 0.102. The number of aryl methyl sites for hydroxylation is 2. The van der Waals surface area contributed by atoms with Gasteiger partial charge < -0.3 is 14.8 Å². The molecule has 140 valence electrons. The number of hydrogen-bond acceptors (Lipinski definition) is 2. The molecule has 0 radical (unpaired) electrons. The monoisotopic (exact) mass is 365 g/mol. The largest absolute Gasteiger partial charge is 0.378 e. The highest BCUT2D eigenvalue weighted by Gasteiger charge is 2.17. The van der Waals surface area contributed by atoms with E-state index in [1.807, 2.05) is 68.6 Å². The lowest BCUT2D eigenvalue weighted by Crippen LogP contribution is -2.14. The maximum absolute atomic E-state index is 13.2. The Morgan fingerprint density at radius 3 is 2.26 bits per heavy atom. The molecular formula is C22H24FN3O. The summed E-state index contributed by atoms with van der Waals surface area (Å²) in [6.07, 6.45) is 0. The Hall–Kier alpha value is -3.08. The van der Waals surface area contributed by atoms with Crippen molar-refractivity contribution in [2.45, 2.75) is 20.8 Å². The zero-order valence-corrected chi connectivity index (χ0v) is 16.3. The average Bonchev–Trinajstić information content (AvgIpc) is 2.92. The van der Waals surface area contributed by atoms with Crippen molar-refractivity contribution in [3.63, 3.8) is 0 Å². The first-order chi connectivity index (χ1) is 12.8. The van der Waals surface area contributed by atoms with Gasteiger partial charge in [0.1, 0.15) is 5.82 Å². The van der Waals surface area contributed by atoms with Gasteiger partial charge in [-0.1, -0.05) is 0 Å². The van der Waals surface area contributed by atoms with E-state index >= 15 is 0 Å². The zero-order chi connectivity index (χ0) is 19.7. The summed E-state index contributed by atoms with van der Waals surface area (Å²) in [5.74, 6) is -0.437. The predicted octanol–water partition coefficient (Wildman–Crippen LogP) is 4.86. The molecule has 1 amide bonds. The summed E-state index contributed by atoms with van der Waals surface area (Å²) < 4.78 is 15.2. The van der Waals surface area contributed by atoms with Crippen molar-refractivity contribution in [2.75, 3.05) is 24.3 Å². The second kappa shape index (κ2) is 7.27. The maximum atomic E-state index is 13.2. The highest BCUT2D eigenvalue weighted by Crippen LogP contribution is 2.25. The van der Waals surface area contributed by atoms with Crippen LogP contribution in [0, 0.1) is 26.6 Å². The fourth-order valence-electron chi connectivity index (χ4n) is 3.24. The summed E-state index contributed by atoms with van der Waals surface area (Å²) >= 11 is 0. The molecule has 0 bridgehead atoms. The van der Waals surface area contributed by atoms with Crippen molar-refractivity contribution < 1.29 is 9.18 Å². The maximum Gasteiger partial charge on any atom is 0.257 e. The summed E-state index contributed by atoms with van der Waals surface area (Å²) in [6.45, 7) is 5.81. The molecule has 0 saturated heterocycles. The van der Waals surface area contributed by atoms with Crippen molar-refractivity contribution in [1.82, 2.24) is 4.57 Å². The normalized spacial score (nSPS) is 10.7. The number of carbonyl (C=O) groups is 1. The highest BCUT2D eigenvalue weighted by molar-refractivity contribution is 6.05. The van der Waals surface area contributed by atoms with Crippen LogP contribution in [0.5, 0.6) is 0 Å². The number of nitrogens with one attached hydrogen (secondary N) is 1. The van der Waals surface area contributed by atoms with Gasteiger partial charge in [-0.15, -0.1) is 0 Å². The van der Waals surface area contributed by atoms with Crippen molar-refractivity contribution in [3.8, 4) is 5.69 Å². The van der Waals surface area contributed by atoms with Gasteiger partial charge in [-0.2, -0.15) is 0 Å². The number of halogens is 1. The van der Waals surface area contributed by atoms with Crippen molar-refractivity contribution >= 4 is 17.3 Å². The van der Waals surface area contributed by atoms with Crippen molar-refractivity contribution in [3.05, 3.63) is 76.9 Å². The number of anilines is 2. The number of nitrogens with zero attached hydrogens (tertiary/aromatic N) is 2. The average molecular weight is 365 g/mol. The smallest absolute Gasteiger partial charge is 0.257 e. The number of carbonyl (C=O) groups excluding carboxylic acids is 1. The van der Waals surface area contributed by atoms with Crippen molar-refractivity contribution in [1.29, 1.82) is 0 Å². The molecule has 0 fully saturated rings. The van der Waals surface area contributed by atoms with Crippen LogP contribution >= 0.6 is 0 Å². The molecule has 2 aromatic carbocycles. The first-order valence-electron chi connectivity index (χ1n) is 8.82. The molecule has 27 heavy (non-hydrogen) atoms. The van der Waals surface area contributed by atoms with Crippen LogP contribution in [-0.4, -0.2) is 24.6 Å². The van der Waals surface area contributed by atoms with Gasteiger partial charge in [0, 0.05) is 42.5 Å². The van der Waals surface area contributed by atoms with Gasteiger partial charge in [-0.05, 0) is 74.9 Å². The van der Waals surface area contributed by atoms with Gasteiger partial charge in [0.05, 0.1) is 5.56 Å². The first-order valence-corrected chi connectivity index (χ1v) is 8.82. The molecule has 0 aliphatic rings.